The Morgan fingerprint density at radius 3 is 2.76 bits per heavy atom. The van der Waals surface area contributed by atoms with Gasteiger partial charge in [0.2, 0.25) is 0 Å². The predicted octanol–water partition coefficient (Wildman–Crippen LogP) is 5.21. The van der Waals surface area contributed by atoms with E-state index in [2.05, 4.69) is 52.3 Å². The molecule has 0 bridgehead atoms. The highest BCUT2D eigenvalue weighted by molar-refractivity contribution is 9.11. The van der Waals surface area contributed by atoms with E-state index in [9.17, 15) is 0 Å². The fourth-order valence-corrected chi connectivity index (χ4v) is 4.49. The quantitative estimate of drug-likeness (QED) is 0.665. The Morgan fingerprint density at radius 2 is 2.06 bits per heavy atom. The normalized spacial score (nSPS) is 22.7. The largest absolute Gasteiger partial charge is 0.133 e. The van der Waals surface area contributed by atoms with Gasteiger partial charge in [0.25, 0.3) is 0 Å². The molecule has 1 heterocycles. The third-order valence-electron chi connectivity index (χ3n) is 3.34. The Morgan fingerprint density at radius 1 is 1.24 bits per heavy atom. The van der Waals surface area contributed by atoms with Crippen molar-refractivity contribution >= 4 is 38.9 Å². The highest BCUT2D eigenvalue weighted by Gasteiger charge is 2.30. The van der Waals surface area contributed by atoms with Crippen LogP contribution in [0.15, 0.2) is 40.2 Å². The van der Waals surface area contributed by atoms with Crippen LogP contribution in [0.3, 0.4) is 0 Å². The fraction of sp³-hybridized carbons (Fsp3) is 0.286. The Bertz CT molecular complexity index is 535. The minimum atomic E-state index is 0.173. The number of fused-ring (bicyclic) bond motifs is 1. The Labute approximate surface area is 119 Å². The summed E-state index contributed by atoms with van der Waals surface area (Å²) in [5.74, 6) is 0.541. The number of alkyl halides is 1. The molecule has 0 aliphatic heterocycles. The summed E-state index contributed by atoms with van der Waals surface area (Å²) in [6, 6.07) is 12.9. The lowest BCUT2D eigenvalue weighted by molar-refractivity contribution is 0.548. The number of benzene rings is 1. The highest BCUT2D eigenvalue weighted by Crippen LogP contribution is 2.43. The van der Waals surface area contributed by atoms with Gasteiger partial charge in [-0.05, 0) is 57.9 Å². The molecule has 88 valence electrons. The van der Waals surface area contributed by atoms with Gasteiger partial charge in [-0.25, -0.2) is 0 Å². The van der Waals surface area contributed by atoms with E-state index < -0.39 is 0 Å². The fourth-order valence-electron chi connectivity index (χ4n) is 2.52. The van der Waals surface area contributed by atoms with E-state index >= 15 is 0 Å². The van der Waals surface area contributed by atoms with Crippen molar-refractivity contribution in [3.05, 3.63) is 56.2 Å². The summed E-state index contributed by atoms with van der Waals surface area (Å²) in [6.45, 7) is 0. The van der Waals surface area contributed by atoms with Gasteiger partial charge in [0.1, 0.15) is 0 Å². The topological polar surface area (TPSA) is 0 Å². The number of hydrogen-bond donors (Lipinski definition) is 0. The molecule has 17 heavy (non-hydrogen) atoms. The minimum Gasteiger partial charge on any atom is -0.133 e. The van der Waals surface area contributed by atoms with Crippen molar-refractivity contribution in [2.45, 2.75) is 18.2 Å². The number of rotatable bonds is 2. The maximum Gasteiger partial charge on any atom is 0.0701 e. The van der Waals surface area contributed by atoms with E-state index in [0.29, 0.717) is 5.92 Å². The monoisotopic (exact) mass is 326 g/mol. The smallest absolute Gasteiger partial charge is 0.0701 e. The molecule has 0 spiro atoms. The van der Waals surface area contributed by atoms with Crippen molar-refractivity contribution in [1.82, 2.24) is 0 Å². The Balaban J connectivity index is 1.80. The minimum absolute atomic E-state index is 0.173. The van der Waals surface area contributed by atoms with Crippen molar-refractivity contribution in [3.8, 4) is 0 Å². The van der Waals surface area contributed by atoms with Gasteiger partial charge in [0, 0.05) is 4.88 Å². The molecule has 2 unspecified atom stereocenters. The summed E-state index contributed by atoms with van der Waals surface area (Å²) < 4.78 is 1.20. The van der Waals surface area contributed by atoms with Crippen LogP contribution in [-0.2, 0) is 12.8 Å². The van der Waals surface area contributed by atoms with Gasteiger partial charge in [-0.1, -0.05) is 24.3 Å². The summed E-state index contributed by atoms with van der Waals surface area (Å²) in [5.41, 5.74) is 2.75. The van der Waals surface area contributed by atoms with E-state index in [1.165, 1.54) is 19.8 Å². The summed E-state index contributed by atoms with van der Waals surface area (Å²) in [4.78, 5) is 1.42. The third-order valence-corrected chi connectivity index (χ3v) is 5.58. The molecule has 2 aromatic rings. The van der Waals surface area contributed by atoms with Gasteiger partial charge in [-0.3, -0.25) is 0 Å². The average Bonchev–Trinajstić information content (AvgIpc) is 2.86. The van der Waals surface area contributed by atoms with Gasteiger partial charge in [0.15, 0.2) is 0 Å². The van der Waals surface area contributed by atoms with Gasteiger partial charge >= 0.3 is 0 Å². The average molecular weight is 328 g/mol. The van der Waals surface area contributed by atoms with E-state index in [4.69, 9.17) is 11.6 Å². The van der Waals surface area contributed by atoms with Gasteiger partial charge < -0.3 is 0 Å². The first-order valence-corrected chi connectivity index (χ1v) is 7.75. The molecule has 1 aliphatic rings. The third kappa shape index (κ3) is 2.31. The van der Waals surface area contributed by atoms with Gasteiger partial charge in [-0.15, -0.1) is 22.9 Å². The van der Waals surface area contributed by atoms with Crippen LogP contribution in [0.4, 0.5) is 0 Å². The number of thiophene rings is 1. The zero-order valence-corrected chi connectivity index (χ0v) is 12.4. The van der Waals surface area contributed by atoms with Crippen molar-refractivity contribution in [2.24, 2.45) is 5.92 Å². The maximum absolute atomic E-state index is 6.56. The predicted molar refractivity (Wildman–Crippen MR) is 78.0 cm³/mol. The molecule has 1 aromatic heterocycles. The lowest BCUT2D eigenvalue weighted by Crippen LogP contribution is -2.05. The molecule has 1 aromatic carbocycles. The first-order chi connectivity index (χ1) is 8.24. The van der Waals surface area contributed by atoms with Crippen LogP contribution in [0, 0.1) is 5.92 Å². The molecule has 2 atom stereocenters. The first-order valence-electron chi connectivity index (χ1n) is 5.70. The second kappa shape index (κ2) is 4.75. The van der Waals surface area contributed by atoms with Crippen molar-refractivity contribution in [2.75, 3.05) is 0 Å². The van der Waals surface area contributed by atoms with E-state index in [1.54, 1.807) is 0 Å². The Hall–Kier alpha value is -0.310. The van der Waals surface area contributed by atoms with Crippen LogP contribution in [-0.4, -0.2) is 0 Å². The van der Waals surface area contributed by atoms with E-state index in [1.807, 2.05) is 11.3 Å². The highest BCUT2D eigenvalue weighted by atomic mass is 79.9. The van der Waals surface area contributed by atoms with Crippen molar-refractivity contribution in [3.63, 3.8) is 0 Å². The van der Waals surface area contributed by atoms with E-state index in [-0.39, 0.29) is 5.38 Å². The van der Waals surface area contributed by atoms with Crippen LogP contribution in [0.2, 0.25) is 0 Å². The standard InChI is InChI=1S/C14H12BrClS/c15-13-6-5-11(17-13)8-10-7-9-3-1-2-4-12(9)14(10)16/h1-6,10,14H,7-8H2. The molecular weight excluding hydrogens is 316 g/mol. The van der Waals surface area contributed by atoms with Crippen LogP contribution in [0.5, 0.6) is 0 Å². The van der Waals surface area contributed by atoms with E-state index in [0.717, 1.165) is 12.8 Å². The van der Waals surface area contributed by atoms with Crippen LogP contribution < -0.4 is 0 Å². The number of hydrogen-bond acceptors (Lipinski definition) is 1. The second-order valence-electron chi connectivity index (χ2n) is 4.47. The van der Waals surface area contributed by atoms with Crippen molar-refractivity contribution < 1.29 is 0 Å². The van der Waals surface area contributed by atoms with Crippen molar-refractivity contribution in [1.29, 1.82) is 0 Å². The molecule has 0 saturated carbocycles. The Kier molecular flexibility index (Phi) is 3.29. The summed E-state index contributed by atoms with van der Waals surface area (Å²) in [6.07, 6.45) is 2.19. The molecule has 1 aliphatic carbocycles. The molecule has 0 N–H and O–H groups in total. The molecular formula is C14H12BrClS. The molecule has 0 amide bonds. The molecule has 0 saturated heterocycles. The maximum atomic E-state index is 6.56. The van der Waals surface area contributed by atoms with Gasteiger partial charge in [-0.2, -0.15) is 0 Å². The molecule has 0 nitrogen and oxygen atoms in total. The first kappa shape index (κ1) is 11.8. The van der Waals surface area contributed by atoms with Gasteiger partial charge in [0.05, 0.1) is 9.16 Å². The summed E-state index contributed by atoms with van der Waals surface area (Å²) in [7, 11) is 0. The van der Waals surface area contributed by atoms with Crippen LogP contribution in [0.1, 0.15) is 21.4 Å². The lowest BCUT2D eigenvalue weighted by Gasteiger charge is -2.12. The molecule has 3 heteroatoms. The van der Waals surface area contributed by atoms with Crippen LogP contribution >= 0.6 is 38.9 Å². The SMILES string of the molecule is ClC1c2ccccc2CC1Cc1ccc(Br)s1. The number of halogens is 2. The molecule has 3 rings (SSSR count). The molecule has 0 fully saturated rings. The summed E-state index contributed by atoms with van der Waals surface area (Å²) in [5, 5.41) is 0.173. The second-order valence-corrected chi connectivity index (χ2v) is 7.49. The summed E-state index contributed by atoms with van der Waals surface area (Å²) >= 11 is 11.9. The zero-order chi connectivity index (χ0) is 11.8. The molecule has 0 radical (unpaired) electrons. The lowest BCUT2D eigenvalue weighted by atomic mass is 10.0. The van der Waals surface area contributed by atoms with Crippen LogP contribution in [0.25, 0.3) is 0 Å². The zero-order valence-electron chi connectivity index (χ0n) is 9.20.